The second kappa shape index (κ2) is 14.9. The van der Waals surface area contributed by atoms with Crippen LogP contribution in [0.15, 0.2) is 72.8 Å². The molecule has 0 aliphatic rings. The number of hydrogen-bond donors (Lipinski definition) is 3. The molecule has 0 heterocycles. The van der Waals surface area contributed by atoms with Crippen molar-refractivity contribution in [2.45, 2.75) is 12.8 Å². The van der Waals surface area contributed by atoms with Crippen molar-refractivity contribution in [3.8, 4) is 17.2 Å². The summed E-state index contributed by atoms with van der Waals surface area (Å²) in [5, 5.41) is 3.36. The summed E-state index contributed by atoms with van der Waals surface area (Å²) in [7, 11) is 0. The number of thiocarbonyl (C=S) groups is 1. The topological polar surface area (TPSA) is 97.9 Å². The third-order valence-corrected chi connectivity index (χ3v) is 5.44. The minimum absolute atomic E-state index is 0.0508. The summed E-state index contributed by atoms with van der Waals surface area (Å²) >= 11 is 17.0. The van der Waals surface area contributed by atoms with Crippen LogP contribution in [0.1, 0.15) is 23.2 Å². The van der Waals surface area contributed by atoms with E-state index in [1.54, 1.807) is 42.5 Å². The van der Waals surface area contributed by atoms with E-state index in [2.05, 4.69) is 16.2 Å². The van der Waals surface area contributed by atoms with E-state index in [0.717, 1.165) is 5.75 Å². The predicted molar refractivity (Wildman–Crippen MR) is 146 cm³/mol. The third kappa shape index (κ3) is 10.2. The van der Waals surface area contributed by atoms with Gasteiger partial charge < -0.3 is 14.2 Å². The Morgan fingerprint density at radius 3 is 2.27 bits per heavy atom. The molecule has 2 amide bonds. The summed E-state index contributed by atoms with van der Waals surface area (Å²) in [6, 6.07) is 21.0. The molecule has 0 aromatic heterocycles. The molecule has 3 aromatic carbocycles. The summed E-state index contributed by atoms with van der Waals surface area (Å²) in [6.45, 7) is 0.950. The lowest BCUT2D eigenvalue weighted by molar-refractivity contribution is -0.121. The zero-order valence-electron chi connectivity index (χ0n) is 19.7. The second-order valence-corrected chi connectivity index (χ2v) is 8.77. The van der Waals surface area contributed by atoms with Gasteiger partial charge in [-0.05, 0) is 67.2 Å². The highest BCUT2D eigenvalue weighted by atomic mass is 35.5. The lowest BCUT2D eigenvalue weighted by Gasteiger charge is -2.12. The number of carbonyl (C=O) groups excluding carboxylic acids is 2. The van der Waals surface area contributed by atoms with E-state index in [4.69, 9.17) is 49.6 Å². The van der Waals surface area contributed by atoms with Crippen LogP contribution in [-0.2, 0) is 4.79 Å². The average molecular weight is 562 g/mol. The molecule has 0 fully saturated rings. The van der Waals surface area contributed by atoms with Crippen molar-refractivity contribution in [2.75, 3.05) is 19.8 Å². The largest absolute Gasteiger partial charge is 0.492 e. The molecule has 11 heteroatoms. The first-order valence-electron chi connectivity index (χ1n) is 11.3. The number of nitrogens with one attached hydrogen (secondary N) is 3. The number of rotatable bonds is 11. The fourth-order valence-corrected chi connectivity index (χ4v) is 3.57. The van der Waals surface area contributed by atoms with Crippen LogP contribution >= 0.6 is 35.4 Å². The Morgan fingerprint density at radius 2 is 1.51 bits per heavy atom. The van der Waals surface area contributed by atoms with Gasteiger partial charge in [-0.3, -0.25) is 25.8 Å². The van der Waals surface area contributed by atoms with Gasteiger partial charge >= 0.3 is 0 Å². The van der Waals surface area contributed by atoms with Crippen molar-refractivity contribution in [2.24, 2.45) is 0 Å². The molecule has 37 heavy (non-hydrogen) atoms. The number of ether oxygens (including phenoxy) is 3. The summed E-state index contributed by atoms with van der Waals surface area (Å²) in [5.41, 5.74) is 5.28. The number of hydrogen-bond acceptors (Lipinski definition) is 6. The number of hydrazine groups is 1. The number of carbonyl (C=O) groups is 2. The molecule has 0 aliphatic carbocycles. The van der Waals surface area contributed by atoms with Crippen molar-refractivity contribution in [1.29, 1.82) is 0 Å². The van der Waals surface area contributed by atoms with Crippen LogP contribution in [0.2, 0.25) is 10.0 Å². The van der Waals surface area contributed by atoms with Gasteiger partial charge in [0.25, 0.3) is 5.91 Å². The maximum Gasteiger partial charge on any atom is 0.257 e. The Balaban J connectivity index is 1.32. The quantitative estimate of drug-likeness (QED) is 0.173. The van der Waals surface area contributed by atoms with Gasteiger partial charge in [-0.25, -0.2) is 0 Å². The van der Waals surface area contributed by atoms with E-state index in [9.17, 15) is 9.59 Å². The second-order valence-electron chi connectivity index (χ2n) is 7.52. The highest BCUT2D eigenvalue weighted by Crippen LogP contribution is 2.27. The van der Waals surface area contributed by atoms with Crippen LogP contribution in [0.3, 0.4) is 0 Å². The van der Waals surface area contributed by atoms with E-state index < -0.39 is 5.91 Å². The number of para-hydroxylation sites is 1. The lowest BCUT2D eigenvalue weighted by Crippen LogP contribution is -2.48. The fourth-order valence-electron chi connectivity index (χ4n) is 2.97. The van der Waals surface area contributed by atoms with Crippen molar-refractivity contribution < 1.29 is 23.8 Å². The minimum atomic E-state index is -0.453. The van der Waals surface area contributed by atoms with Crippen molar-refractivity contribution in [1.82, 2.24) is 16.2 Å². The molecule has 3 aromatic rings. The molecule has 0 radical (unpaired) electrons. The summed E-state index contributed by atoms with van der Waals surface area (Å²) in [4.78, 5) is 24.5. The highest BCUT2D eigenvalue weighted by Gasteiger charge is 2.10. The van der Waals surface area contributed by atoms with Gasteiger partial charge in [-0.1, -0.05) is 47.5 Å². The maximum absolute atomic E-state index is 12.5. The zero-order chi connectivity index (χ0) is 26.5. The predicted octanol–water partition coefficient (Wildman–Crippen LogP) is 4.95. The van der Waals surface area contributed by atoms with Crippen LogP contribution in [0.25, 0.3) is 0 Å². The molecule has 0 saturated carbocycles. The molecule has 0 saturated heterocycles. The van der Waals surface area contributed by atoms with Crippen LogP contribution < -0.4 is 30.4 Å². The normalized spacial score (nSPS) is 10.2. The molecule has 0 bridgehead atoms. The van der Waals surface area contributed by atoms with Crippen molar-refractivity contribution >= 4 is 52.3 Å². The first-order chi connectivity index (χ1) is 17.9. The molecule has 194 valence electrons. The third-order valence-electron chi connectivity index (χ3n) is 4.70. The molecule has 3 N–H and O–H groups in total. The lowest BCUT2D eigenvalue weighted by atomic mass is 10.2. The number of halogens is 2. The minimum Gasteiger partial charge on any atom is -0.492 e. The molecule has 0 atom stereocenters. The SMILES string of the molecule is O=C(CCCOc1ccc(Cl)cc1Cl)NNC(=S)NC(=O)c1cccc(OCCOc2ccccc2)c1. The summed E-state index contributed by atoms with van der Waals surface area (Å²) < 4.78 is 16.8. The molecule has 3 rings (SSSR count). The number of benzene rings is 3. The van der Waals surface area contributed by atoms with Gasteiger partial charge in [-0.2, -0.15) is 0 Å². The molecular formula is C26H25Cl2N3O5S. The smallest absolute Gasteiger partial charge is 0.257 e. The average Bonchev–Trinajstić information content (AvgIpc) is 2.89. The Kier molecular flexibility index (Phi) is 11.3. The Labute approximate surface area is 230 Å². The van der Waals surface area contributed by atoms with Gasteiger partial charge in [0.15, 0.2) is 5.11 Å². The van der Waals surface area contributed by atoms with Crippen LogP contribution in [0.5, 0.6) is 17.2 Å². The van der Waals surface area contributed by atoms with E-state index in [0.29, 0.717) is 46.7 Å². The Hall–Kier alpha value is -3.53. The molecule has 0 unspecified atom stereocenters. The summed E-state index contributed by atoms with van der Waals surface area (Å²) in [5.74, 6) is 0.979. The maximum atomic E-state index is 12.5. The Bertz CT molecular complexity index is 1210. The monoisotopic (exact) mass is 561 g/mol. The summed E-state index contributed by atoms with van der Waals surface area (Å²) in [6.07, 6.45) is 0.608. The van der Waals surface area contributed by atoms with E-state index in [-0.39, 0.29) is 24.0 Å². The zero-order valence-corrected chi connectivity index (χ0v) is 22.0. The van der Waals surface area contributed by atoms with Gasteiger partial charge in [0, 0.05) is 17.0 Å². The molecule has 0 spiro atoms. The van der Waals surface area contributed by atoms with Gasteiger partial charge in [0.1, 0.15) is 30.5 Å². The van der Waals surface area contributed by atoms with E-state index >= 15 is 0 Å². The van der Waals surface area contributed by atoms with Crippen molar-refractivity contribution in [3.05, 3.63) is 88.4 Å². The van der Waals surface area contributed by atoms with Gasteiger partial charge in [0.05, 0.1) is 11.6 Å². The standard InChI is InChI=1S/C26H25Cl2N3O5S/c27-19-11-12-23(22(28)17-19)36-13-5-10-24(32)30-31-26(37)29-25(33)18-6-4-9-21(16-18)35-15-14-34-20-7-2-1-3-8-20/h1-4,6-9,11-12,16-17H,5,10,13-15H2,(H,30,32)(H2,29,31,33,37). The first-order valence-corrected chi connectivity index (χ1v) is 12.5. The first kappa shape index (κ1) is 28.0. The fraction of sp³-hybridized carbons (Fsp3) is 0.192. The van der Waals surface area contributed by atoms with Gasteiger partial charge in [-0.15, -0.1) is 0 Å². The van der Waals surface area contributed by atoms with Crippen LogP contribution in [-0.4, -0.2) is 36.7 Å². The molecule has 8 nitrogen and oxygen atoms in total. The highest BCUT2D eigenvalue weighted by molar-refractivity contribution is 7.80. The Morgan fingerprint density at radius 1 is 0.784 bits per heavy atom. The molecule has 0 aliphatic heterocycles. The molecular weight excluding hydrogens is 537 g/mol. The van der Waals surface area contributed by atoms with Crippen molar-refractivity contribution in [3.63, 3.8) is 0 Å². The van der Waals surface area contributed by atoms with Crippen LogP contribution in [0.4, 0.5) is 0 Å². The van der Waals surface area contributed by atoms with E-state index in [1.165, 1.54) is 0 Å². The van der Waals surface area contributed by atoms with E-state index in [1.807, 2.05) is 30.3 Å². The van der Waals surface area contributed by atoms with Gasteiger partial charge in [0.2, 0.25) is 5.91 Å². The van der Waals surface area contributed by atoms with Crippen LogP contribution in [0, 0.1) is 0 Å². The number of amides is 2.